The molecule has 0 heterocycles. The average molecular weight is 273 g/mol. The lowest BCUT2D eigenvalue weighted by Crippen LogP contribution is -2.35. The summed E-state index contributed by atoms with van der Waals surface area (Å²) < 4.78 is 13.0. The first kappa shape index (κ1) is 14.9. The van der Waals surface area contributed by atoms with Crippen molar-refractivity contribution < 1.29 is 9.18 Å². The molecule has 1 amide bonds. The third kappa shape index (κ3) is 4.63. The van der Waals surface area contributed by atoms with Crippen molar-refractivity contribution in [2.45, 2.75) is 26.3 Å². The van der Waals surface area contributed by atoms with Gasteiger partial charge in [0.1, 0.15) is 5.82 Å². The number of hydrogen-bond donors (Lipinski definition) is 2. The molecule has 0 aliphatic rings. The molecule has 1 atom stereocenters. The van der Waals surface area contributed by atoms with Gasteiger partial charge in [-0.15, -0.1) is 0 Å². The lowest BCUT2D eigenvalue weighted by atomic mass is 10.1. The summed E-state index contributed by atoms with van der Waals surface area (Å²) in [6.07, 6.45) is 0.912. The van der Waals surface area contributed by atoms with Crippen LogP contribution in [-0.4, -0.2) is 19.0 Å². The van der Waals surface area contributed by atoms with E-state index in [9.17, 15) is 9.18 Å². The van der Waals surface area contributed by atoms with Gasteiger partial charge in [0.15, 0.2) is 0 Å². The third-order valence-electron chi connectivity index (χ3n) is 2.58. The number of benzene rings is 1. The van der Waals surface area contributed by atoms with E-state index < -0.39 is 5.82 Å². The summed E-state index contributed by atoms with van der Waals surface area (Å²) in [5, 5.41) is 5.93. The van der Waals surface area contributed by atoms with Gasteiger partial charge >= 0.3 is 0 Å². The molecule has 2 N–H and O–H groups in total. The third-order valence-corrected chi connectivity index (χ3v) is 2.87. The van der Waals surface area contributed by atoms with Gasteiger partial charge in [0.05, 0.1) is 11.6 Å². The molecule has 0 radical (unpaired) electrons. The Morgan fingerprint density at radius 2 is 2.22 bits per heavy atom. The normalized spacial score (nSPS) is 12.2. The molecule has 0 aliphatic heterocycles. The Kier molecular flexibility index (Phi) is 6.09. The molecule has 0 aliphatic carbocycles. The fourth-order valence-corrected chi connectivity index (χ4v) is 1.66. The van der Waals surface area contributed by atoms with Gasteiger partial charge in [-0.25, -0.2) is 4.39 Å². The van der Waals surface area contributed by atoms with Crippen molar-refractivity contribution in [3.05, 3.63) is 34.6 Å². The highest BCUT2D eigenvalue weighted by atomic mass is 35.5. The summed E-state index contributed by atoms with van der Waals surface area (Å²) in [5.74, 6) is -0.481. The van der Waals surface area contributed by atoms with Gasteiger partial charge in [0, 0.05) is 12.6 Å². The van der Waals surface area contributed by atoms with E-state index in [1.807, 2.05) is 13.8 Å². The Bertz CT molecular complexity index is 412. The smallest absolute Gasteiger partial charge is 0.233 e. The Labute approximate surface area is 112 Å². The van der Waals surface area contributed by atoms with Crippen molar-refractivity contribution in [2.75, 3.05) is 13.1 Å². The number of hydrogen-bond acceptors (Lipinski definition) is 2. The molecule has 5 heteroatoms. The van der Waals surface area contributed by atoms with Crippen LogP contribution in [0.15, 0.2) is 18.2 Å². The molecule has 0 bridgehead atoms. The van der Waals surface area contributed by atoms with E-state index in [4.69, 9.17) is 11.6 Å². The number of carbonyl (C=O) groups is 1. The molecule has 1 unspecified atom stereocenters. The van der Waals surface area contributed by atoms with E-state index >= 15 is 0 Å². The molecule has 0 fully saturated rings. The summed E-state index contributed by atoms with van der Waals surface area (Å²) in [6, 6.07) is 4.49. The van der Waals surface area contributed by atoms with Crippen LogP contribution < -0.4 is 10.6 Å². The molecule has 0 saturated carbocycles. The van der Waals surface area contributed by atoms with Crippen molar-refractivity contribution in [2.24, 2.45) is 0 Å². The van der Waals surface area contributed by atoms with Gasteiger partial charge in [-0.3, -0.25) is 4.79 Å². The highest BCUT2D eigenvalue weighted by molar-refractivity contribution is 6.30. The standard InChI is InChI=1S/C13H18ClFN2O/c1-3-6-16-13(18)8-17-9(2)10-4-5-12(15)11(14)7-10/h4-5,7,9,17H,3,6,8H2,1-2H3,(H,16,18). The number of carbonyl (C=O) groups excluding carboxylic acids is 1. The lowest BCUT2D eigenvalue weighted by molar-refractivity contribution is -0.120. The molecule has 1 aromatic carbocycles. The fourth-order valence-electron chi connectivity index (χ4n) is 1.47. The van der Waals surface area contributed by atoms with Gasteiger partial charge in [-0.1, -0.05) is 24.6 Å². The van der Waals surface area contributed by atoms with E-state index in [0.29, 0.717) is 6.54 Å². The van der Waals surface area contributed by atoms with Crippen LogP contribution in [0.2, 0.25) is 5.02 Å². The van der Waals surface area contributed by atoms with Crippen molar-refractivity contribution in [3.63, 3.8) is 0 Å². The largest absolute Gasteiger partial charge is 0.355 e. The minimum absolute atomic E-state index is 0.0445. The molecule has 100 valence electrons. The zero-order valence-electron chi connectivity index (χ0n) is 10.6. The minimum Gasteiger partial charge on any atom is -0.355 e. The number of rotatable bonds is 6. The van der Waals surface area contributed by atoms with Crippen molar-refractivity contribution in [3.8, 4) is 0 Å². The van der Waals surface area contributed by atoms with E-state index in [-0.39, 0.29) is 23.5 Å². The summed E-state index contributed by atoms with van der Waals surface area (Å²) in [7, 11) is 0. The molecule has 0 aromatic heterocycles. The number of nitrogens with one attached hydrogen (secondary N) is 2. The van der Waals surface area contributed by atoms with Crippen LogP contribution in [0.1, 0.15) is 31.9 Å². The summed E-state index contributed by atoms with van der Waals surface area (Å²) in [4.78, 5) is 11.4. The van der Waals surface area contributed by atoms with Crippen molar-refractivity contribution in [1.82, 2.24) is 10.6 Å². The first-order valence-electron chi connectivity index (χ1n) is 5.99. The Morgan fingerprint density at radius 3 is 2.83 bits per heavy atom. The summed E-state index contributed by atoms with van der Waals surface area (Å²) in [5.41, 5.74) is 0.852. The van der Waals surface area contributed by atoms with E-state index in [2.05, 4.69) is 10.6 Å². The zero-order valence-corrected chi connectivity index (χ0v) is 11.4. The maximum absolute atomic E-state index is 13.0. The van der Waals surface area contributed by atoms with E-state index in [1.165, 1.54) is 6.07 Å². The van der Waals surface area contributed by atoms with Gasteiger partial charge in [-0.05, 0) is 31.0 Å². The molecule has 1 rings (SSSR count). The molecule has 0 spiro atoms. The molecular weight excluding hydrogens is 255 g/mol. The second-order valence-corrected chi connectivity index (χ2v) is 4.53. The SMILES string of the molecule is CCCNC(=O)CNC(C)c1ccc(F)c(Cl)c1. The van der Waals surface area contributed by atoms with E-state index in [1.54, 1.807) is 12.1 Å². The van der Waals surface area contributed by atoms with Crippen LogP contribution in [0.5, 0.6) is 0 Å². The monoisotopic (exact) mass is 272 g/mol. The molecular formula is C13H18ClFN2O. The van der Waals surface area contributed by atoms with Gasteiger partial charge in [-0.2, -0.15) is 0 Å². The van der Waals surface area contributed by atoms with Crippen LogP contribution in [-0.2, 0) is 4.79 Å². The number of halogens is 2. The quantitative estimate of drug-likeness (QED) is 0.836. The van der Waals surface area contributed by atoms with Crippen LogP contribution in [0.25, 0.3) is 0 Å². The summed E-state index contributed by atoms with van der Waals surface area (Å²) in [6.45, 7) is 4.81. The Morgan fingerprint density at radius 1 is 1.50 bits per heavy atom. The van der Waals surface area contributed by atoms with Crippen LogP contribution in [0.3, 0.4) is 0 Å². The predicted octanol–water partition coefficient (Wildman–Crippen LogP) is 2.66. The van der Waals surface area contributed by atoms with Gasteiger partial charge in [0.25, 0.3) is 0 Å². The lowest BCUT2D eigenvalue weighted by Gasteiger charge is -2.14. The maximum Gasteiger partial charge on any atom is 0.233 e. The highest BCUT2D eigenvalue weighted by Crippen LogP contribution is 2.20. The van der Waals surface area contributed by atoms with Crippen molar-refractivity contribution >= 4 is 17.5 Å². The van der Waals surface area contributed by atoms with E-state index in [0.717, 1.165) is 12.0 Å². The van der Waals surface area contributed by atoms with Gasteiger partial charge < -0.3 is 10.6 Å². The maximum atomic E-state index is 13.0. The molecule has 1 aromatic rings. The highest BCUT2D eigenvalue weighted by Gasteiger charge is 2.09. The van der Waals surface area contributed by atoms with Crippen molar-refractivity contribution in [1.29, 1.82) is 0 Å². The van der Waals surface area contributed by atoms with Gasteiger partial charge in [0.2, 0.25) is 5.91 Å². The average Bonchev–Trinajstić information content (AvgIpc) is 2.36. The molecule has 3 nitrogen and oxygen atoms in total. The fraction of sp³-hybridized carbons (Fsp3) is 0.462. The predicted molar refractivity (Wildman–Crippen MR) is 71.1 cm³/mol. The van der Waals surface area contributed by atoms with Crippen LogP contribution >= 0.6 is 11.6 Å². The van der Waals surface area contributed by atoms with Crippen LogP contribution in [0.4, 0.5) is 4.39 Å². The first-order chi connectivity index (χ1) is 8.54. The first-order valence-corrected chi connectivity index (χ1v) is 6.37. The zero-order chi connectivity index (χ0) is 13.5. The topological polar surface area (TPSA) is 41.1 Å². The Hall–Kier alpha value is -1.13. The molecule has 0 saturated heterocycles. The second kappa shape index (κ2) is 7.34. The second-order valence-electron chi connectivity index (χ2n) is 4.13. The minimum atomic E-state index is -0.437. The summed E-state index contributed by atoms with van der Waals surface area (Å²) >= 11 is 5.71. The molecule has 18 heavy (non-hydrogen) atoms. The number of amides is 1. The van der Waals surface area contributed by atoms with Crippen LogP contribution in [0, 0.1) is 5.82 Å². The Balaban J connectivity index is 2.47.